The molecule has 8 aromatic carbocycles. The van der Waals surface area contributed by atoms with Gasteiger partial charge in [0.25, 0.3) is 0 Å². The van der Waals surface area contributed by atoms with Gasteiger partial charge in [-0.15, -0.1) is 0 Å². The Bertz CT molecular complexity index is 2760. The minimum absolute atomic E-state index is 0.985. The summed E-state index contributed by atoms with van der Waals surface area (Å²) in [5.74, 6) is 0. The Labute approximate surface area is 253 Å². The average molecular weight is 557 g/mol. The highest BCUT2D eigenvalue weighted by atomic mass is 14.8. The lowest BCUT2D eigenvalue weighted by atomic mass is 9.84. The Hall–Kier alpha value is -5.86. The topological polar surface area (TPSA) is 24.7 Å². The molecular formula is C42H24N2. The number of fused-ring (bicyclic) bond motifs is 9. The Morgan fingerprint density at radius 3 is 1.95 bits per heavy atom. The SMILES string of the molecule is c1ccc(-c2ccc3c(c2-c2cccc4cc5cc6ccccc6cc5cc24)-c2c4c(ccc2=N3)=c2ccccc2=N4)cc1. The molecule has 0 radical (unpaired) electrons. The van der Waals surface area contributed by atoms with Crippen molar-refractivity contribution in [2.24, 2.45) is 9.98 Å². The van der Waals surface area contributed by atoms with E-state index in [2.05, 4.69) is 146 Å². The first-order chi connectivity index (χ1) is 21.8. The Morgan fingerprint density at radius 2 is 1.09 bits per heavy atom. The van der Waals surface area contributed by atoms with Crippen molar-refractivity contribution in [3.8, 4) is 33.4 Å². The summed E-state index contributed by atoms with van der Waals surface area (Å²) in [5, 5.41) is 11.9. The molecule has 2 aliphatic heterocycles. The van der Waals surface area contributed by atoms with Crippen molar-refractivity contribution >= 4 is 43.7 Å². The summed E-state index contributed by atoms with van der Waals surface area (Å²) in [5.41, 5.74) is 9.13. The van der Waals surface area contributed by atoms with Crippen LogP contribution in [0.4, 0.5) is 11.4 Å². The minimum Gasteiger partial charge on any atom is -0.248 e. The predicted octanol–water partition coefficient (Wildman–Crippen LogP) is 9.96. The van der Waals surface area contributed by atoms with Gasteiger partial charge in [0.05, 0.1) is 22.1 Å². The summed E-state index contributed by atoms with van der Waals surface area (Å²) in [6.07, 6.45) is 0. The molecule has 8 aromatic rings. The van der Waals surface area contributed by atoms with Crippen LogP contribution in [-0.4, -0.2) is 0 Å². The molecule has 0 spiro atoms. The third-order valence-electron chi connectivity index (χ3n) is 9.31. The van der Waals surface area contributed by atoms with Gasteiger partial charge in [-0.25, -0.2) is 9.98 Å². The van der Waals surface area contributed by atoms with Gasteiger partial charge in [0.15, 0.2) is 0 Å². The molecule has 202 valence electrons. The Kier molecular flexibility index (Phi) is 4.75. The van der Waals surface area contributed by atoms with Crippen molar-refractivity contribution in [3.05, 3.63) is 167 Å². The standard InChI is InChI=1S/C42H24N2/c1-2-9-25(10-3-1)31-17-19-37-40(41-38(43-37)20-18-34-32-14-6-7-16-36(32)44-42(34)41)39(31)33-15-8-13-28-23-29-21-26-11-4-5-12-27(26)22-30(29)24-35(28)33/h1-24H. The van der Waals surface area contributed by atoms with Crippen molar-refractivity contribution in [2.45, 2.75) is 0 Å². The first kappa shape index (κ1) is 23.7. The minimum atomic E-state index is 0.985. The molecule has 0 saturated heterocycles. The molecule has 2 nitrogen and oxygen atoms in total. The molecular weight excluding hydrogens is 532 g/mol. The van der Waals surface area contributed by atoms with Gasteiger partial charge in [-0.05, 0) is 97.5 Å². The van der Waals surface area contributed by atoms with Crippen LogP contribution >= 0.6 is 0 Å². The third-order valence-corrected chi connectivity index (χ3v) is 9.31. The second-order valence-corrected chi connectivity index (χ2v) is 11.8. The van der Waals surface area contributed by atoms with Crippen molar-refractivity contribution in [1.82, 2.24) is 0 Å². The third kappa shape index (κ3) is 3.31. The number of nitrogens with zero attached hydrogens (tertiary/aromatic N) is 2. The smallest absolute Gasteiger partial charge is 0.0817 e. The molecule has 0 unspecified atom stereocenters. The van der Waals surface area contributed by atoms with Crippen LogP contribution in [0.25, 0.3) is 65.7 Å². The zero-order valence-electron chi connectivity index (χ0n) is 23.8. The fourth-order valence-corrected chi connectivity index (χ4v) is 7.32. The number of para-hydroxylation sites is 1. The molecule has 0 atom stereocenters. The molecule has 0 amide bonds. The monoisotopic (exact) mass is 556 g/mol. The van der Waals surface area contributed by atoms with Crippen LogP contribution in [0.5, 0.6) is 0 Å². The second-order valence-electron chi connectivity index (χ2n) is 11.8. The highest BCUT2D eigenvalue weighted by molar-refractivity contribution is 6.13. The first-order valence-electron chi connectivity index (χ1n) is 15.1. The van der Waals surface area contributed by atoms with Crippen LogP contribution < -0.4 is 10.7 Å². The van der Waals surface area contributed by atoms with Crippen LogP contribution in [0.15, 0.2) is 156 Å². The lowest BCUT2D eigenvalue weighted by Crippen LogP contribution is -2.01. The molecule has 0 aromatic heterocycles. The molecule has 0 aliphatic carbocycles. The van der Waals surface area contributed by atoms with E-state index >= 15 is 0 Å². The first-order valence-corrected chi connectivity index (χ1v) is 15.1. The summed E-state index contributed by atoms with van der Waals surface area (Å²) < 4.78 is 0. The molecule has 10 rings (SSSR count). The lowest BCUT2D eigenvalue weighted by molar-refractivity contribution is 1.36. The second kappa shape index (κ2) is 8.82. The fourth-order valence-electron chi connectivity index (χ4n) is 7.32. The summed E-state index contributed by atoms with van der Waals surface area (Å²) in [6, 6.07) is 52.6. The Morgan fingerprint density at radius 1 is 0.364 bits per heavy atom. The van der Waals surface area contributed by atoms with E-state index in [4.69, 9.17) is 9.98 Å². The van der Waals surface area contributed by atoms with Crippen LogP contribution in [0, 0.1) is 10.4 Å². The van der Waals surface area contributed by atoms with Crippen LogP contribution in [0.3, 0.4) is 0 Å². The summed E-state index contributed by atoms with van der Waals surface area (Å²) in [4.78, 5) is 10.4. The zero-order chi connectivity index (χ0) is 28.8. The number of benzene rings is 8. The van der Waals surface area contributed by atoms with Gasteiger partial charge in [-0.1, -0.05) is 97.1 Å². The highest BCUT2D eigenvalue weighted by Gasteiger charge is 2.27. The normalized spacial score (nSPS) is 12.5. The van der Waals surface area contributed by atoms with E-state index in [1.807, 2.05) is 0 Å². The number of rotatable bonds is 2. The zero-order valence-corrected chi connectivity index (χ0v) is 23.8. The maximum atomic E-state index is 5.20. The summed E-state index contributed by atoms with van der Waals surface area (Å²) >= 11 is 0. The van der Waals surface area contributed by atoms with E-state index in [0.717, 1.165) is 27.7 Å². The quantitative estimate of drug-likeness (QED) is 0.189. The van der Waals surface area contributed by atoms with Gasteiger partial charge in [0, 0.05) is 27.1 Å². The molecule has 0 fully saturated rings. The van der Waals surface area contributed by atoms with E-state index in [1.54, 1.807) is 0 Å². The van der Waals surface area contributed by atoms with Gasteiger partial charge < -0.3 is 0 Å². The molecule has 44 heavy (non-hydrogen) atoms. The molecule has 0 bridgehead atoms. The molecule has 0 N–H and O–H groups in total. The van der Waals surface area contributed by atoms with E-state index in [1.165, 1.54) is 70.6 Å². The Balaban J connectivity index is 1.34. The maximum absolute atomic E-state index is 5.20. The van der Waals surface area contributed by atoms with E-state index in [9.17, 15) is 0 Å². The van der Waals surface area contributed by atoms with Crippen molar-refractivity contribution < 1.29 is 0 Å². The van der Waals surface area contributed by atoms with Crippen LogP contribution in [-0.2, 0) is 0 Å². The molecule has 2 aliphatic rings. The van der Waals surface area contributed by atoms with Crippen molar-refractivity contribution in [3.63, 3.8) is 0 Å². The summed E-state index contributed by atoms with van der Waals surface area (Å²) in [7, 11) is 0. The van der Waals surface area contributed by atoms with Crippen molar-refractivity contribution in [2.75, 3.05) is 0 Å². The van der Waals surface area contributed by atoms with Gasteiger partial charge in [-0.2, -0.15) is 0 Å². The largest absolute Gasteiger partial charge is 0.248 e. The number of hydrogen-bond donors (Lipinski definition) is 0. The van der Waals surface area contributed by atoms with Gasteiger partial charge >= 0.3 is 0 Å². The molecule has 0 saturated carbocycles. The van der Waals surface area contributed by atoms with Crippen molar-refractivity contribution in [1.29, 1.82) is 0 Å². The average Bonchev–Trinajstić information content (AvgIpc) is 3.64. The van der Waals surface area contributed by atoms with Crippen LogP contribution in [0.2, 0.25) is 0 Å². The van der Waals surface area contributed by atoms with Gasteiger partial charge in [0.2, 0.25) is 0 Å². The van der Waals surface area contributed by atoms with E-state index < -0.39 is 0 Å². The fraction of sp³-hybridized carbons (Fsp3) is 0. The maximum Gasteiger partial charge on any atom is 0.0817 e. The van der Waals surface area contributed by atoms with E-state index in [0.29, 0.717) is 0 Å². The highest BCUT2D eigenvalue weighted by Crippen LogP contribution is 2.50. The summed E-state index contributed by atoms with van der Waals surface area (Å²) in [6.45, 7) is 0. The number of hydrogen-bond acceptors (Lipinski definition) is 2. The molecule has 2 heteroatoms. The van der Waals surface area contributed by atoms with Gasteiger partial charge in [0.1, 0.15) is 0 Å². The predicted molar refractivity (Wildman–Crippen MR) is 181 cm³/mol. The van der Waals surface area contributed by atoms with Crippen LogP contribution in [0.1, 0.15) is 0 Å². The van der Waals surface area contributed by atoms with E-state index in [-0.39, 0.29) is 0 Å². The lowest BCUT2D eigenvalue weighted by Gasteiger charge is -2.19. The van der Waals surface area contributed by atoms with Gasteiger partial charge in [-0.3, -0.25) is 0 Å². The molecule has 2 heterocycles.